The van der Waals surface area contributed by atoms with Crippen LogP contribution in [0.15, 0.2) is 0 Å². The van der Waals surface area contributed by atoms with E-state index in [4.69, 9.17) is 4.74 Å². The van der Waals surface area contributed by atoms with Crippen LogP contribution >= 0.6 is 0 Å². The van der Waals surface area contributed by atoms with Gasteiger partial charge in [-0.05, 0) is 32.6 Å². The molecule has 3 nitrogen and oxygen atoms in total. The monoisotopic (exact) mass is 223 g/mol. The Bertz CT molecular complexity index is 317. The lowest BCUT2D eigenvalue weighted by atomic mass is 9.78. The van der Waals surface area contributed by atoms with Crippen molar-refractivity contribution >= 4 is 5.91 Å². The lowest BCUT2D eigenvalue weighted by molar-refractivity contribution is -0.137. The number of ether oxygens (including phenoxy) is 1. The Hall–Kier alpha value is -0.570. The molecule has 3 fully saturated rings. The molecule has 0 N–H and O–H groups in total. The zero-order valence-electron chi connectivity index (χ0n) is 10.2. The van der Waals surface area contributed by atoms with Crippen molar-refractivity contribution in [3.8, 4) is 0 Å². The predicted octanol–water partition coefficient (Wildman–Crippen LogP) is 2.16. The summed E-state index contributed by atoms with van der Waals surface area (Å²) >= 11 is 0. The van der Waals surface area contributed by atoms with Gasteiger partial charge in [0.2, 0.25) is 5.91 Å². The van der Waals surface area contributed by atoms with Crippen LogP contribution in [0, 0.1) is 11.8 Å². The molecule has 3 aliphatic rings. The topological polar surface area (TPSA) is 29.5 Å². The Labute approximate surface area is 97.1 Å². The van der Waals surface area contributed by atoms with Gasteiger partial charge in [0, 0.05) is 5.92 Å². The van der Waals surface area contributed by atoms with Crippen LogP contribution in [-0.4, -0.2) is 29.2 Å². The van der Waals surface area contributed by atoms with Crippen LogP contribution in [-0.2, 0) is 9.53 Å². The molecule has 90 valence electrons. The summed E-state index contributed by atoms with van der Waals surface area (Å²) in [6.45, 7) is 4.97. The van der Waals surface area contributed by atoms with Crippen LogP contribution < -0.4 is 0 Å². The van der Waals surface area contributed by atoms with Gasteiger partial charge in [-0.1, -0.05) is 19.3 Å². The molecule has 1 amide bonds. The third-order valence-corrected chi connectivity index (χ3v) is 4.90. The van der Waals surface area contributed by atoms with Crippen molar-refractivity contribution in [1.29, 1.82) is 0 Å². The number of carbonyl (C=O) groups is 1. The highest BCUT2D eigenvalue weighted by atomic mass is 16.5. The van der Waals surface area contributed by atoms with Gasteiger partial charge in [-0.15, -0.1) is 0 Å². The molecular weight excluding hydrogens is 202 g/mol. The van der Waals surface area contributed by atoms with E-state index in [1.165, 1.54) is 25.7 Å². The highest BCUT2D eigenvalue weighted by Crippen LogP contribution is 2.50. The van der Waals surface area contributed by atoms with Crippen molar-refractivity contribution in [2.24, 2.45) is 11.8 Å². The molecule has 0 aromatic rings. The average molecular weight is 223 g/mol. The van der Waals surface area contributed by atoms with E-state index in [0.29, 0.717) is 17.7 Å². The number of rotatable bonds is 0. The molecule has 3 heteroatoms. The average Bonchev–Trinajstić information content (AvgIpc) is 2.58. The molecule has 3 rings (SSSR count). The summed E-state index contributed by atoms with van der Waals surface area (Å²) in [5, 5.41) is 0. The van der Waals surface area contributed by atoms with Gasteiger partial charge in [-0.3, -0.25) is 4.79 Å². The molecule has 2 heterocycles. The van der Waals surface area contributed by atoms with E-state index in [0.717, 1.165) is 13.0 Å². The van der Waals surface area contributed by atoms with Crippen molar-refractivity contribution < 1.29 is 9.53 Å². The summed E-state index contributed by atoms with van der Waals surface area (Å²) < 4.78 is 5.69. The molecule has 2 saturated heterocycles. The van der Waals surface area contributed by atoms with Crippen LogP contribution in [0.25, 0.3) is 0 Å². The van der Waals surface area contributed by atoms with Gasteiger partial charge < -0.3 is 9.64 Å². The molecule has 16 heavy (non-hydrogen) atoms. The minimum Gasteiger partial charge on any atom is -0.356 e. The largest absolute Gasteiger partial charge is 0.356 e. The zero-order valence-corrected chi connectivity index (χ0v) is 10.2. The van der Waals surface area contributed by atoms with Gasteiger partial charge >= 0.3 is 0 Å². The second-order valence-electron chi connectivity index (χ2n) is 5.83. The maximum absolute atomic E-state index is 12.4. The fourth-order valence-electron chi connectivity index (χ4n) is 4.09. The molecular formula is C13H21NO2. The minimum absolute atomic E-state index is 0.00843. The van der Waals surface area contributed by atoms with Crippen molar-refractivity contribution in [1.82, 2.24) is 4.90 Å². The summed E-state index contributed by atoms with van der Waals surface area (Å²) in [6.07, 6.45) is 6.11. The summed E-state index contributed by atoms with van der Waals surface area (Å²) in [6, 6.07) is 0. The fraction of sp³-hybridized carbons (Fsp3) is 0.923. The maximum Gasteiger partial charge on any atom is 0.228 e. The number of carbonyl (C=O) groups excluding carboxylic acids is 1. The molecule has 2 aliphatic heterocycles. The molecule has 1 unspecified atom stereocenters. The second kappa shape index (κ2) is 3.46. The molecule has 1 saturated carbocycles. The lowest BCUT2D eigenvalue weighted by Crippen LogP contribution is -2.45. The summed E-state index contributed by atoms with van der Waals surface area (Å²) in [7, 11) is 0. The molecule has 0 radical (unpaired) electrons. The zero-order chi connectivity index (χ0) is 11.3. The highest BCUT2D eigenvalue weighted by Gasteiger charge is 2.60. The van der Waals surface area contributed by atoms with Crippen molar-refractivity contribution in [3.63, 3.8) is 0 Å². The van der Waals surface area contributed by atoms with Gasteiger partial charge in [0.15, 0.2) is 0 Å². The standard InChI is InChI=1S/C13H21NO2/c1-9-14-12(15)10-6-4-3-5-7-11(10)13(14,2)8-16-9/h9-11H,3-8H2,1-2H3/t9-,10-,11?,13-/m0/s1. The molecule has 0 bridgehead atoms. The number of hydrogen-bond donors (Lipinski definition) is 0. The molecule has 1 aliphatic carbocycles. The summed E-state index contributed by atoms with van der Waals surface area (Å²) in [4.78, 5) is 14.5. The summed E-state index contributed by atoms with van der Waals surface area (Å²) in [5.74, 6) is 1.19. The fourth-order valence-corrected chi connectivity index (χ4v) is 4.09. The SMILES string of the molecule is C[C@@H]1OC[C@@]2(C)C3CCCCC[C@@H]3C(=O)N12. The predicted molar refractivity (Wildman–Crippen MR) is 60.7 cm³/mol. The molecule has 4 atom stereocenters. The van der Waals surface area contributed by atoms with Gasteiger partial charge in [-0.2, -0.15) is 0 Å². The summed E-state index contributed by atoms with van der Waals surface area (Å²) in [5.41, 5.74) is -0.00843. The van der Waals surface area contributed by atoms with Crippen molar-refractivity contribution in [2.75, 3.05) is 6.61 Å². The van der Waals surface area contributed by atoms with E-state index in [2.05, 4.69) is 6.92 Å². The van der Waals surface area contributed by atoms with Gasteiger partial charge in [-0.25, -0.2) is 0 Å². The number of hydrogen-bond acceptors (Lipinski definition) is 2. The maximum atomic E-state index is 12.4. The normalized spacial score (nSPS) is 47.8. The van der Waals surface area contributed by atoms with Crippen LogP contribution in [0.2, 0.25) is 0 Å². The highest BCUT2D eigenvalue weighted by molar-refractivity contribution is 5.83. The van der Waals surface area contributed by atoms with E-state index >= 15 is 0 Å². The third-order valence-electron chi connectivity index (χ3n) is 4.90. The molecule has 0 spiro atoms. The number of amides is 1. The molecule has 0 aromatic heterocycles. The van der Waals surface area contributed by atoms with Crippen LogP contribution in [0.1, 0.15) is 46.0 Å². The first-order valence-corrected chi connectivity index (χ1v) is 6.59. The Balaban J connectivity index is 1.96. The Morgan fingerprint density at radius 3 is 2.88 bits per heavy atom. The molecule has 0 aromatic carbocycles. The van der Waals surface area contributed by atoms with Crippen molar-refractivity contribution in [3.05, 3.63) is 0 Å². The quantitative estimate of drug-likeness (QED) is 0.630. The van der Waals surface area contributed by atoms with Crippen LogP contribution in [0.3, 0.4) is 0 Å². The van der Waals surface area contributed by atoms with Crippen LogP contribution in [0.5, 0.6) is 0 Å². The lowest BCUT2D eigenvalue weighted by Gasteiger charge is -2.32. The van der Waals surface area contributed by atoms with E-state index in [-0.39, 0.29) is 11.8 Å². The first-order chi connectivity index (χ1) is 7.64. The van der Waals surface area contributed by atoms with Crippen LogP contribution in [0.4, 0.5) is 0 Å². The van der Waals surface area contributed by atoms with E-state index in [9.17, 15) is 4.79 Å². The van der Waals surface area contributed by atoms with Gasteiger partial charge in [0.25, 0.3) is 0 Å². The van der Waals surface area contributed by atoms with E-state index in [1.54, 1.807) is 0 Å². The second-order valence-corrected chi connectivity index (χ2v) is 5.83. The Kier molecular flexibility index (Phi) is 2.29. The third kappa shape index (κ3) is 1.21. The van der Waals surface area contributed by atoms with E-state index in [1.807, 2.05) is 11.8 Å². The Morgan fingerprint density at radius 2 is 2.06 bits per heavy atom. The Morgan fingerprint density at radius 1 is 1.31 bits per heavy atom. The first kappa shape index (κ1) is 10.6. The minimum atomic E-state index is -0.00979. The number of fused-ring (bicyclic) bond motifs is 3. The van der Waals surface area contributed by atoms with Gasteiger partial charge in [0.05, 0.1) is 12.1 Å². The van der Waals surface area contributed by atoms with Gasteiger partial charge in [0.1, 0.15) is 6.23 Å². The number of nitrogens with zero attached hydrogens (tertiary/aromatic N) is 1. The van der Waals surface area contributed by atoms with Crippen molar-refractivity contribution in [2.45, 2.75) is 57.7 Å². The smallest absolute Gasteiger partial charge is 0.228 e. The van der Waals surface area contributed by atoms with E-state index < -0.39 is 0 Å². The first-order valence-electron chi connectivity index (χ1n) is 6.59.